The van der Waals surface area contributed by atoms with Crippen molar-refractivity contribution < 1.29 is 4.52 Å². The van der Waals surface area contributed by atoms with Gasteiger partial charge in [0.2, 0.25) is 5.95 Å². The Morgan fingerprint density at radius 3 is 2.72 bits per heavy atom. The van der Waals surface area contributed by atoms with E-state index in [-0.39, 0.29) is 0 Å². The predicted octanol–water partition coefficient (Wildman–Crippen LogP) is 3.84. The molecule has 1 N–H and O–H groups in total. The van der Waals surface area contributed by atoms with Crippen LogP contribution >= 0.6 is 11.8 Å². The van der Waals surface area contributed by atoms with Gasteiger partial charge in [0.1, 0.15) is 10.8 Å². The monoisotopic (exact) mass is 355 g/mol. The van der Waals surface area contributed by atoms with E-state index >= 15 is 0 Å². The first-order valence-corrected chi connectivity index (χ1v) is 9.01. The fraction of sp³-hybridized carbons (Fsp3) is 0.278. The van der Waals surface area contributed by atoms with E-state index in [1.807, 2.05) is 43.3 Å². The number of rotatable bonds is 7. The average molecular weight is 355 g/mol. The van der Waals surface area contributed by atoms with E-state index in [1.165, 1.54) is 0 Å². The minimum Gasteiger partial charge on any atom is -0.360 e. The van der Waals surface area contributed by atoms with E-state index in [0.29, 0.717) is 5.95 Å². The van der Waals surface area contributed by atoms with Crippen LogP contribution in [0.25, 0.3) is 11.3 Å². The van der Waals surface area contributed by atoms with Crippen molar-refractivity contribution in [2.75, 3.05) is 31.7 Å². The number of thioether (sulfide) groups is 1. The van der Waals surface area contributed by atoms with Crippen LogP contribution in [0.15, 0.2) is 52.1 Å². The van der Waals surface area contributed by atoms with Gasteiger partial charge in [0.05, 0.1) is 11.3 Å². The molecule has 0 bridgehead atoms. The first-order valence-electron chi connectivity index (χ1n) is 8.03. The molecule has 6 nitrogen and oxygen atoms in total. The standard InChI is InChI=1S/C18H21N5OS/c1-13-16(17(22-24-13)25-12-11-23(2)3)15-9-10-19-18(21-15)20-14-7-5-4-6-8-14/h4-10H,11-12H2,1-3H3,(H,19,20,21). The zero-order valence-corrected chi connectivity index (χ0v) is 15.4. The zero-order valence-electron chi connectivity index (χ0n) is 14.6. The molecule has 1 aromatic carbocycles. The van der Waals surface area contributed by atoms with Gasteiger partial charge in [-0.05, 0) is 39.2 Å². The molecule has 3 aromatic rings. The second-order valence-electron chi connectivity index (χ2n) is 5.83. The molecule has 3 rings (SSSR count). The number of nitrogens with zero attached hydrogens (tertiary/aromatic N) is 4. The quantitative estimate of drug-likeness (QED) is 0.646. The summed E-state index contributed by atoms with van der Waals surface area (Å²) in [6.07, 6.45) is 1.74. The Morgan fingerprint density at radius 2 is 1.96 bits per heavy atom. The molecule has 0 aliphatic carbocycles. The molecular formula is C18H21N5OS. The minimum atomic E-state index is 0.550. The van der Waals surface area contributed by atoms with Gasteiger partial charge in [0.15, 0.2) is 0 Å². The number of para-hydroxylation sites is 1. The van der Waals surface area contributed by atoms with Crippen LogP contribution in [0.5, 0.6) is 0 Å². The number of nitrogens with one attached hydrogen (secondary N) is 1. The molecule has 0 aliphatic heterocycles. The highest BCUT2D eigenvalue weighted by Crippen LogP contribution is 2.33. The summed E-state index contributed by atoms with van der Waals surface area (Å²) in [6, 6.07) is 11.7. The first-order chi connectivity index (χ1) is 12.1. The third-order valence-corrected chi connectivity index (χ3v) is 4.49. The third-order valence-electron chi connectivity index (χ3n) is 3.55. The van der Waals surface area contributed by atoms with E-state index in [9.17, 15) is 0 Å². The van der Waals surface area contributed by atoms with Gasteiger partial charge in [-0.15, -0.1) is 11.8 Å². The van der Waals surface area contributed by atoms with Crippen molar-refractivity contribution in [1.29, 1.82) is 0 Å². The van der Waals surface area contributed by atoms with Gasteiger partial charge in [-0.2, -0.15) is 0 Å². The van der Waals surface area contributed by atoms with Gasteiger partial charge < -0.3 is 14.7 Å². The Kier molecular flexibility index (Phi) is 5.67. The summed E-state index contributed by atoms with van der Waals surface area (Å²) < 4.78 is 5.40. The van der Waals surface area contributed by atoms with Crippen molar-refractivity contribution in [2.24, 2.45) is 0 Å². The Bertz CT molecular complexity index is 819. The summed E-state index contributed by atoms with van der Waals surface area (Å²) in [5.41, 5.74) is 2.68. The molecule has 0 atom stereocenters. The van der Waals surface area contributed by atoms with Crippen molar-refractivity contribution in [1.82, 2.24) is 20.0 Å². The molecule has 130 valence electrons. The van der Waals surface area contributed by atoms with Crippen LogP contribution in [0.4, 0.5) is 11.6 Å². The first kappa shape index (κ1) is 17.4. The highest BCUT2D eigenvalue weighted by molar-refractivity contribution is 7.99. The molecule has 0 unspecified atom stereocenters. The largest absolute Gasteiger partial charge is 0.360 e. The number of hydrogen-bond acceptors (Lipinski definition) is 7. The number of aromatic nitrogens is 3. The van der Waals surface area contributed by atoms with Crippen LogP contribution in [0.3, 0.4) is 0 Å². The fourth-order valence-corrected chi connectivity index (χ4v) is 3.41. The number of anilines is 2. The minimum absolute atomic E-state index is 0.550. The summed E-state index contributed by atoms with van der Waals surface area (Å²) >= 11 is 1.67. The van der Waals surface area contributed by atoms with E-state index in [2.05, 4.69) is 39.4 Å². The fourth-order valence-electron chi connectivity index (χ4n) is 2.27. The highest BCUT2D eigenvalue weighted by Gasteiger charge is 2.17. The molecule has 0 fully saturated rings. The van der Waals surface area contributed by atoms with Gasteiger partial charge in [-0.25, -0.2) is 9.97 Å². The molecule has 0 saturated heterocycles. The maximum atomic E-state index is 5.40. The van der Waals surface area contributed by atoms with Crippen LogP contribution in [0.1, 0.15) is 5.76 Å². The lowest BCUT2D eigenvalue weighted by atomic mass is 10.2. The Hall–Kier alpha value is -2.38. The molecule has 0 aliphatic rings. The van der Waals surface area contributed by atoms with Crippen LogP contribution in [-0.2, 0) is 0 Å². The molecule has 25 heavy (non-hydrogen) atoms. The Labute approximate surface area is 151 Å². The van der Waals surface area contributed by atoms with Gasteiger partial charge >= 0.3 is 0 Å². The van der Waals surface area contributed by atoms with Crippen LogP contribution in [-0.4, -0.2) is 46.4 Å². The van der Waals surface area contributed by atoms with E-state index < -0.39 is 0 Å². The molecular weight excluding hydrogens is 334 g/mol. The van der Waals surface area contributed by atoms with Crippen molar-refractivity contribution >= 4 is 23.4 Å². The van der Waals surface area contributed by atoms with E-state index in [4.69, 9.17) is 4.52 Å². The molecule has 0 amide bonds. The summed E-state index contributed by atoms with van der Waals surface area (Å²) in [4.78, 5) is 11.1. The van der Waals surface area contributed by atoms with E-state index in [1.54, 1.807) is 18.0 Å². The van der Waals surface area contributed by atoms with Gasteiger partial charge in [-0.1, -0.05) is 23.4 Å². The maximum absolute atomic E-state index is 5.40. The SMILES string of the molecule is Cc1onc(SCCN(C)C)c1-c1ccnc(Nc2ccccc2)n1. The van der Waals surface area contributed by atoms with Gasteiger partial charge in [0, 0.05) is 24.2 Å². The second-order valence-corrected chi connectivity index (χ2v) is 6.91. The van der Waals surface area contributed by atoms with Crippen molar-refractivity contribution in [3.8, 4) is 11.3 Å². The van der Waals surface area contributed by atoms with Gasteiger partial charge in [-0.3, -0.25) is 0 Å². The zero-order chi connectivity index (χ0) is 17.6. The summed E-state index contributed by atoms with van der Waals surface area (Å²) in [7, 11) is 4.11. The van der Waals surface area contributed by atoms with Crippen LogP contribution < -0.4 is 5.32 Å². The predicted molar refractivity (Wildman–Crippen MR) is 101 cm³/mol. The molecule has 7 heteroatoms. The Balaban J connectivity index is 1.82. The van der Waals surface area contributed by atoms with Crippen LogP contribution in [0.2, 0.25) is 0 Å². The average Bonchev–Trinajstić information content (AvgIpc) is 2.96. The lowest BCUT2D eigenvalue weighted by Crippen LogP contribution is -2.14. The smallest absolute Gasteiger partial charge is 0.227 e. The van der Waals surface area contributed by atoms with Crippen molar-refractivity contribution in [2.45, 2.75) is 11.9 Å². The maximum Gasteiger partial charge on any atom is 0.227 e. The van der Waals surface area contributed by atoms with Crippen molar-refractivity contribution in [3.05, 3.63) is 48.4 Å². The molecule has 0 spiro atoms. The lowest BCUT2D eigenvalue weighted by molar-refractivity contribution is 0.383. The normalized spacial score (nSPS) is 11.0. The lowest BCUT2D eigenvalue weighted by Gasteiger charge is -2.09. The number of hydrogen-bond donors (Lipinski definition) is 1. The summed E-state index contributed by atoms with van der Waals surface area (Å²) in [6.45, 7) is 2.88. The topological polar surface area (TPSA) is 67.1 Å². The van der Waals surface area contributed by atoms with Gasteiger partial charge in [0.25, 0.3) is 0 Å². The molecule has 2 aromatic heterocycles. The van der Waals surface area contributed by atoms with Crippen LogP contribution in [0, 0.1) is 6.92 Å². The summed E-state index contributed by atoms with van der Waals surface area (Å²) in [5, 5.41) is 8.27. The van der Waals surface area contributed by atoms with E-state index in [0.717, 1.165) is 40.0 Å². The molecule has 0 saturated carbocycles. The summed E-state index contributed by atoms with van der Waals surface area (Å²) in [5.74, 6) is 2.25. The number of benzene rings is 1. The highest BCUT2D eigenvalue weighted by atomic mass is 32.2. The molecule has 0 radical (unpaired) electrons. The van der Waals surface area contributed by atoms with Crippen molar-refractivity contribution in [3.63, 3.8) is 0 Å². The molecule has 2 heterocycles. The number of aryl methyl sites for hydroxylation is 1. The Morgan fingerprint density at radius 1 is 1.16 bits per heavy atom. The second kappa shape index (κ2) is 8.13. The third kappa shape index (κ3) is 4.58.